The quantitative estimate of drug-likeness (QED) is 0.855. The van der Waals surface area contributed by atoms with Gasteiger partial charge in [-0.15, -0.1) is 0 Å². The van der Waals surface area contributed by atoms with E-state index in [1.165, 1.54) is 6.07 Å². The zero-order chi connectivity index (χ0) is 11.5. The summed E-state index contributed by atoms with van der Waals surface area (Å²) in [6.07, 6.45) is 0.855. The van der Waals surface area contributed by atoms with Gasteiger partial charge in [0, 0.05) is 18.0 Å². The van der Waals surface area contributed by atoms with Crippen molar-refractivity contribution < 1.29 is 13.9 Å². The first-order valence-corrected chi connectivity index (χ1v) is 5.47. The Morgan fingerprint density at radius 2 is 2.38 bits per heavy atom. The summed E-state index contributed by atoms with van der Waals surface area (Å²) in [6.45, 7) is 3.01. The minimum Gasteiger partial charge on any atom is -0.487 e. The molecule has 2 atom stereocenters. The predicted octanol–water partition coefficient (Wildman–Crippen LogP) is 2.01. The van der Waals surface area contributed by atoms with Gasteiger partial charge >= 0.3 is 0 Å². The second kappa shape index (κ2) is 4.80. The highest BCUT2D eigenvalue weighted by molar-refractivity contribution is 5.37. The van der Waals surface area contributed by atoms with Gasteiger partial charge in [-0.25, -0.2) is 4.39 Å². The molecule has 16 heavy (non-hydrogen) atoms. The van der Waals surface area contributed by atoms with Crippen LogP contribution in [0.1, 0.15) is 24.9 Å². The lowest BCUT2D eigenvalue weighted by atomic mass is 10.1. The molecule has 2 rings (SSSR count). The molecule has 1 saturated heterocycles. The molecule has 0 radical (unpaired) electrons. The number of benzene rings is 1. The van der Waals surface area contributed by atoms with Crippen LogP contribution in [-0.4, -0.2) is 19.3 Å². The van der Waals surface area contributed by atoms with E-state index in [0.717, 1.165) is 6.42 Å². The number of rotatable bonds is 3. The third-order valence-corrected chi connectivity index (χ3v) is 2.65. The maximum atomic E-state index is 13.6. The molecule has 1 aliphatic rings. The van der Waals surface area contributed by atoms with Gasteiger partial charge in [-0.05, 0) is 19.1 Å². The number of halogens is 1. The number of hydrogen-bond acceptors (Lipinski definition) is 3. The third kappa shape index (κ3) is 2.33. The summed E-state index contributed by atoms with van der Waals surface area (Å²) in [6, 6.07) is 4.40. The fraction of sp³-hybridized carbons (Fsp3) is 0.500. The van der Waals surface area contributed by atoms with E-state index in [-0.39, 0.29) is 18.0 Å². The molecule has 3 nitrogen and oxygen atoms in total. The van der Waals surface area contributed by atoms with Crippen LogP contribution in [0.3, 0.4) is 0 Å². The van der Waals surface area contributed by atoms with Gasteiger partial charge in [0.1, 0.15) is 17.7 Å². The molecule has 1 fully saturated rings. The van der Waals surface area contributed by atoms with Crippen LogP contribution < -0.4 is 10.5 Å². The van der Waals surface area contributed by atoms with Crippen LogP contribution in [0.2, 0.25) is 0 Å². The summed E-state index contributed by atoms with van der Waals surface area (Å²) >= 11 is 0. The van der Waals surface area contributed by atoms with E-state index in [1.807, 2.05) is 0 Å². The van der Waals surface area contributed by atoms with Gasteiger partial charge < -0.3 is 15.2 Å². The van der Waals surface area contributed by atoms with E-state index >= 15 is 0 Å². The smallest absolute Gasteiger partial charge is 0.131 e. The molecule has 1 heterocycles. The van der Waals surface area contributed by atoms with Crippen molar-refractivity contribution in [2.24, 2.45) is 5.73 Å². The largest absolute Gasteiger partial charge is 0.487 e. The maximum Gasteiger partial charge on any atom is 0.131 e. The molecule has 1 aromatic rings. The van der Waals surface area contributed by atoms with Crippen LogP contribution in [0.5, 0.6) is 5.75 Å². The molecule has 1 aromatic carbocycles. The van der Waals surface area contributed by atoms with Gasteiger partial charge in [-0.1, -0.05) is 6.07 Å². The minimum absolute atomic E-state index is 0.0132. The summed E-state index contributed by atoms with van der Waals surface area (Å²) < 4.78 is 24.5. The molecule has 0 saturated carbocycles. The Morgan fingerprint density at radius 1 is 1.56 bits per heavy atom. The SMILES string of the molecule is C[C@H](N)c1c(F)cccc1OC1CCOC1. The zero-order valence-electron chi connectivity index (χ0n) is 9.28. The van der Waals surface area contributed by atoms with Gasteiger partial charge in [0.05, 0.1) is 13.2 Å². The molecule has 0 spiro atoms. The van der Waals surface area contributed by atoms with E-state index in [0.29, 0.717) is 24.5 Å². The fourth-order valence-corrected chi connectivity index (χ4v) is 1.85. The first kappa shape index (κ1) is 11.4. The Bertz CT molecular complexity index is 362. The van der Waals surface area contributed by atoms with Gasteiger partial charge in [-0.2, -0.15) is 0 Å². The number of ether oxygens (including phenoxy) is 2. The third-order valence-electron chi connectivity index (χ3n) is 2.65. The second-order valence-corrected chi connectivity index (χ2v) is 4.04. The summed E-state index contributed by atoms with van der Waals surface area (Å²) in [5.41, 5.74) is 6.18. The Balaban J connectivity index is 2.21. The van der Waals surface area contributed by atoms with E-state index in [4.69, 9.17) is 15.2 Å². The zero-order valence-corrected chi connectivity index (χ0v) is 9.28. The normalized spacial score (nSPS) is 22.1. The van der Waals surface area contributed by atoms with Crippen LogP contribution in [0, 0.1) is 5.82 Å². The van der Waals surface area contributed by atoms with Crippen LogP contribution in [0.25, 0.3) is 0 Å². The first-order chi connectivity index (χ1) is 7.68. The van der Waals surface area contributed by atoms with E-state index in [1.54, 1.807) is 19.1 Å². The average molecular weight is 225 g/mol. The van der Waals surface area contributed by atoms with Crippen molar-refractivity contribution in [1.29, 1.82) is 0 Å². The topological polar surface area (TPSA) is 44.5 Å². The van der Waals surface area contributed by atoms with E-state index < -0.39 is 0 Å². The Labute approximate surface area is 94.3 Å². The Morgan fingerprint density at radius 3 is 3.00 bits per heavy atom. The highest BCUT2D eigenvalue weighted by atomic mass is 19.1. The summed E-state index contributed by atoms with van der Waals surface area (Å²) in [7, 11) is 0. The van der Waals surface area contributed by atoms with Crippen LogP contribution in [0.4, 0.5) is 4.39 Å². The van der Waals surface area contributed by atoms with Gasteiger partial charge in [0.2, 0.25) is 0 Å². The van der Waals surface area contributed by atoms with Gasteiger partial charge in [0.25, 0.3) is 0 Å². The van der Waals surface area contributed by atoms with E-state index in [2.05, 4.69) is 0 Å². The Hall–Kier alpha value is -1.13. The van der Waals surface area contributed by atoms with Crippen molar-refractivity contribution in [2.45, 2.75) is 25.5 Å². The molecule has 1 aliphatic heterocycles. The van der Waals surface area contributed by atoms with Crippen LogP contribution >= 0.6 is 0 Å². The standard InChI is InChI=1S/C12H16FNO2/c1-8(14)12-10(13)3-2-4-11(12)16-9-5-6-15-7-9/h2-4,8-9H,5-7,14H2,1H3/t8-,9?/m0/s1. The van der Waals surface area contributed by atoms with Crippen molar-refractivity contribution in [3.05, 3.63) is 29.6 Å². The average Bonchev–Trinajstić information content (AvgIpc) is 2.70. The van der Waals surface area contributed by atoms with Crippen LogP contribution in [0.15, 0.2) is 18.2 Å². The lowest BCUT2D eigenvalue weighted by molar-refractivity contribution is 0.140. The molecule has 0 aromatic heterocycles. The summed E-state index contributed by atoms with van der Waals surface area (Å²) in [5.74, 6) is 0.219. The molecule has 0 aliphatic carbocycles. The van der Waals surface area contributed by atoms with Gasteiger partial charge in [0.15, 0.2) is 0 Å². The molecule has 0 amide bonds. The highest BCUT2D eigenvalue weighted by Gasteiger charge is 2.20. The maximum absolute atomic E-state index is 13.6. The van der Waals surface area contributed by atoms with Gasteiger partial charge in [-0.3, -0.25) is 0 Å². The molecule has 2 N–H and O–H groups in total. The molecule has 1 unspecified atom stereocenters. The fourth-order valence-electron chi connectivity index (χ4n) is 1.85. The lowest BCUT2D eigenvalue weighted by Gasteiger charge is -2.17. The van der Waals surface area contributed by atoms with Crippen molar-refractivity contribution >= 4 is 0 Å². The molecular weight excluding hydrogens is 209 g/mol. The van der Waals surface area contributed by atoms with E-state index in [9.17, 15) is 4.39 Å². The number of hydrogen-bond donors (Lipinski definition) is 1. The molecule has 4 heteroatoms. The summed E-state index contributed by atoms with van der Waals surface area (Å²) in [4.78, 5) is 0. The van der Waals surface area contributed by atoms with Crippen molar-refractivity contribution in [2.75, 3.05) is 13.2 Å². The van der Waals surface area contributed by atoms with Crippen molar-refractivity contribution in [1.82, 2.24) is 0 Å². The first-order valence-electron chi connectivity index (χ1n) is 5.47. The second-order valence-electron chi connectivity index (χ2n) is 4.04. The summed E-state index contributed by atoms with van der Waals surface area (Å²) in [5, 5.41) is 0. The highest BCUT2D eigenvalue weighted by Crippen LogP contribution is 2.28. The van der Waals surface area contributed by atoms with Crippen LogP contribution in [-0.2, 0) is 4.74 Å². The molecule has 0 bridgehead atoms. The molecular formula is C12H16FNO2. The Kier molecular flexibility index (Phi) is 3.41. The van der Waals surface area contributed by atoms with Crippen molar-refractivity contribution in [3.8, 4) is 5.75 Å². The lowest BCUT2D eigenvalue weighted by Crippen LogP contribution is -2.18. The number of nitrogens with two attached hydrogens (primary N) is 1. The minimum atomic E-state index is -0.376. The monoisotopic (exact) mass is 225 g/mol. The molecule has 88 valence electrons. The van der Waals surface area contributed by atoms with Crippen molar-refractivity contribution in [3.63, 3.8) is 0 Å². The predicted molar refractivity (Wildman–Crippen MR) is 58.9 cm³/mol.